The number of nitrogens with zero attached hydrogens (tertiary/aromatic N) is 1. The Labute approximate surface area is 163 Å². The van der Waals surface area contributed by atoms with E-state index < -0.39 is 24.2 Å². The molecule has 1 saturated heterocycles. The fraction of sp³-hybridized carbons (Fsp3) is 0.222. The number of ether oxygens (including phenoxy) is 1. The summed E-state index contributed by atoms with van der Waals surface area (Å²) >= 11 is 5.84. The third kappa shape index (κ3) is 5.29. The van der Waals surface area contributed by atoms with Gasteiger partial charge in [-0.05, 0) is 48.5 Å². The van der Waals surface area contributed by atoms with Gasteiger partial charge >= 0.3 is 12.4 Å². The number of benzene rings is 2. The van der Waals surface area contributed by atoms with Crippen LogP contribution in [0.25, 0.3) is 0 Å². The average molecular weight is 414 g/mol. The minimum Gasteiger partial charge on any atom is -0.406 e. The first kappa shape index (κ1) is 19.8. The molecule has 0 radical (unpaired) electrons. The molecule has 3 rings (SSSR count). The van der Waals surface area contributed by atoms with Gasteiger partial charge in [-0.15, -0.1) is 13.2 Å². The van der Waals surface area contributed by atoms with Crippen molar-refractivity contribution in [2.45, 2.75) is 18.8 Å². The quantitative estimate of drug-likeness (QED) is 0.790. The Hall–Kier alpha value is -2.94. The van der Waals surface area contributed by atoms with Gasteiger partial charge in [-0.1, -0.05) is 11.6 Å². The monoisotopic (exact) mass is 413 g/mol. The molecule has 0 aliphatic carbocycles. The Morgan fingerprint density at radius 3 is 2.36 bits per heavy atom. The molecule has 2 aromatic carbocycles. The summed E-state index contributed by atoms with van der Waals surface area (Å²) in [6, 6.07) is 10.5. The zero-order valence-electron chi connectivity index (χ0n) is 14.3. The molecule has 1 aliphatic heterocycles. The van der Waals surface area contributed by atoms with E-state index in [1.807, 2.05) is 0 Å². The first-order valence-corrected chi connectivity index (χ1v) is 8.57. The van der Waals surface area contributed by atoms with Crippen molar-refractivity contribution < 1.29 is 27.5 Å². The number of carbonyl (C=O) groups is 2. The van der Waals surface area contributed by atoms with Crippen molar-refractivity contribution in [3.05, 3.63) is 53.6 Å². The van der Waals surface area contributed by atoms with Crippen LogP contribution in [0.4, 0.5) is 29.3 Å². The van der Waals surface area contributed by atoms with Gasteiger partial charge in [0, 0.05) is 29.4 Å². The third-order valence-corrected chi connectivity index (χ3v) is 4.20. The van der Waals surface area contributed by atoms with Crippen LogP contribution in [0, 0.1) is 0 Å². The Morgan fingerprint density at radius 2 is 1.75 bits per heavy atom. The van der Waals surface area contributed by atoms with E-state index in [1.165, 1.54) is 12.1 Å². The van der Waals surface area contributed by atoms with Crippen molar-refractivity contribution in [1.82, 2.24) is 5.32 Å². The highest BCUT2D eigenvalue weighted by atomic mass is 35.5. The summed E-state index contributed by atoms with van der Waals surface area (Å²) in [5.41, 5.74) is 0.963. The predicted molar refractivity (Wildman–Crippen MR) is 97.5 cm³/mol. The first-order chi connectivity index (χ1) is 13.2. The van der Waals surface area contributed by atoms with Crippen molar-refractivity contribution in [3.8, 4) is 5.75 Å². The second kappa shape index (κ2) is 7.97. The maximum Gasteiger partial charge on any atom is 0.573 e. The SMILES string of the molecule is O=C(Nc1ccc(OC(F)(F)F)cc1)NC1CC(=O)N(c2ccc(Cl)cc2)C1. The fourth-order valence-electron chi connectivity index (χ4n) is 2.77. The maximum atomic E-state index is 12.2. The van der Waals surface area contributed by atoms with E-state index in [1.54, 1.807) is 29.2 Å². The Bertz CT molecular complexity index is 857. The minimum absolute atomic E-state index is 0.133. The Balaban J connectivity index is 1.54. The lowest BCUT2D eigenvalue weighted by atomic mass is 10.2. The summed E-state index contributed by atoms with van der Waals surface area (Å²) in [4.78, 5) is 25.8. The summed E-state index contributed by atoms with van der Waals surface area (Å²) in [6.45, 7) is 0.298. The summed E-state index contributed by atoms with van der Waals surface area (Å²) in [5.74, 6) is -0.528. The Morgan fingerprint density at radius 1 is 1.11 bits per heavy atom. The standard InChI is InChI=1S/C18H15ClF3N3O3/c19-11-1-5-14(6-2-11)25-10-13(9-16(25)26)24-17(27)23-12-3-7-15(8-4-12)28-18(20,21)22/h1-8,13H,9-10H2,(H2,23,24,27). The molecule has 0 saturated carbocycles. The highest BCUT2D eigenvalue weighted by Gasteiger charge is 2.32. The number of amides is 3. The van der Waals surface area contributed by atoms with Crippen LogP contribution in [0.5, 0.6) is 5.75 Å². The molecule has 1 fully saturated rings. The lowest BCUT2D eigenvalue weighted by Gasteiger charge is -2.17. The van der Waals surface area contributed by atoms with E-state index in [2.05, 4.69) is 15.4 Å². The molecular weight excluding hydrogens is 399 g/mol. The van der Waals surface area contributed by atoms with Crippen molar-refractivity contribution in [3.63, 3.8) is 0 Å². The van der Waals surface area contributed by atoms with Crippen LogP contribution < -0.4 is 20.3 Å². The predicted octanol–water partition coefficient (Wildman–Crippen LogP) is 4.17. The molecular formula is C18H15ClF3N3O3. The van der Waals surface area contributed by atoms with Crippen LogP contribution >= 0.6 is 11.6 Å². The van der Waals surface area contributed by atoms with E-state index in [4.69, 9.17) is 11.6 Å². The maximum absolute atomic E-state index is 12.2. The number of nitrogens with one attached hydrogen (secondary N) is 2. The van der Waals surface area contributed by atoms with Crippen LogP contribution in [0.15, 0.2) is 48.5 Å². The summed E-state index contributed by atoms with van der Waals surface area (Å²) in [5, 5.41) is 5.73. The Kier molecular flexibility index (Phi) is 5.64. The molecule has 10 heteroatoms. The van der Waals surface area contributed by atoms with Gasteiger partial charge in [0.1, 0.15) is 5.75 Å². The molecule has 1 heterocycles. The molecule has 3 amide bonds. The fourth-order valence-corrected chi connectivity index (χ4v) is 2.89. The lowest BCUT2D eigenvalue weighted by molar-refractivity contribution is -0.274. The zero-order chi connectivity index (χ0) is 20.3. The van der Waals surface area contributed by atoms with E-state index in [0.717, 1.165) is 12.1 Å². The average Bonchev–Trinajstić information content (AvgIpc) is 2.96. The molecule has 2 aromatic rings. The number of hydrogen-bond donors (Lipinski definition) is 2. The van der Waals surface area contributed by atoms with Crippen LogP contribution in [0.1, 0.15) is 6.42 Å². The first-order valence-electron chi connectivity index (χ1n) is 8.19. The minimum atomic E-state index is -4.78. The van der Waals surface area contributed by atoms with Gasteiger partial charge in [0.2, 0.25) is 5.91 Å². The van der Waals surface area contributed by atoms with Gasteiger partial charge in [-0.25, -0.2) is 4.79 Å². The van der Waals surface area contributed by atoms with E-state index in [0.29, 0.717) is 17.3 Å². The van der Waals surface area contributed by atoms with E-state index in [9.17, 15) is 22.8 Å². The van der Waals surface area contributed by atoms with Gasteiger partial charge in [0.05, 0.1) is 6.04 Å². The number of alkyl halides is 3. The van der Waals surface area contributed by atoms with Crippen molar-refractivity contribution in [2.24, 2.45) is 0 Å². The lowest BCUT2D eigenvalue weighted by Crippen LogP contribution is -2.39. The topological polar surface area (TPSA) is 70.7 Å². The van der Waals surface area contributed by atoms with E-state index >= 15 is 0 Å². The molecule has 0 spiro atoms. The second-order valence-electron chi connectivity index (χ2n) is 6.05. The molecule has 28 heavy (non-hydrogen) atoms. The highest BCUT2D eigenvalue weighted by molar-refractivity contribution is 6.30. The number of carbonyl (C=O) groups excluding carboxylic acids is 2. The summed E-state index contributed by atoms with van der Waals surface area (Å²) in [6.07, 6.45) is -4.65. The molecule has 148 valence electrons. The number of hydrogen-bond acceptors (Lipinski definition) is 3. The largest absolute Gasteiger partial charge is 0.573 e. The molecule has 1 unspecified atom stereocenters. The molecule has 1 aliphatic rings. The zero-order valence-corrected chi connectivity index (χ0v) is 15.1. The van der Waals surface area contributed by atoms with Gasteiger partial charge < -0.3 is 20.3 Å². The molecule has 0 bridgehead atoms. The number of rotatable bonds is 4. The third-order valence-electron chi connectivity index (χ3n) is 3.94. The van der Waals surface area contributed by atoms with Gasteiger partial charge in [-0.3, -0.25) is 4.79 Å². The summed E-state index contributed by atoms with van der Waals surface area (Å²) in [7, 11) is 0. The normalized spacial score (nSPS) is 16.8. The number of anilines is 2. The van der Waals surface area contributed by atoms with Crippen molar-refractivity contribution in [1.29, 1.82) is 0 Å². The van der Waals surface area contributed by atoms with Crippen LogP contribution in [-0.2, 0) is 4.79 Å². The van der Waals surface area contributed by atoms with Gasteiger partial charge in [-0.2, -0.15) is 0 Å². The number of urea groups is 1. The summed E-state index contributed by atoms with van der Waals surface area (Å²) < 4.78 is 40.2. The van der Waals surface area contributed by atoms with Gasteiger partial charge in [0.25, 0.3) is 0 Å². The van der Waals surface area contributed by atoms with Crippen LogP contribution in [0.2, 0.25) is 5.02 Å². The second-order valence-corrected chi connectivity index (χ2v) is 6.49. The van der Waals surface area contributed by atoms with Crippen LogP contribution in [0.3, 0.4) is 0 Å². The van der Waals surface area contributed by atoms with E-state index in [-0.39, 0.29) is 18.0 Å². The van der Waals surface area contributed by atoms with Crippen molar-refractivity contribution >= 4 is 34.9 Å². The smallest absolute Gasteiger partial charge is 0.406 e. The molecule has 6 nitrogen and oxygen atoms in total. The molecule has 1 atom stereocenters. The highest BCUT2D eigenvalue weighted by Crippen LogP contribution is 2.25. The number of halogens is 4. The molecule has 0 aromatic heterocycles. The molecule has 2 N–H and O–H groups in total. The van der Waals surface area contributed by atoms with Gasteiger partial charge in [0.15, 0.2) is 0 Å². The van der Waals surface area contributed by atoms with Crippen LogP contribution in [-0.4, -0.2) is 30.9 Å². The van der Waals surface area contributed by atoms with Crippen molar-refractivity contribution in [2.75, 3.05) is 16.8 Å².